The number of benzene rings is 1. The van der Waals surface area contributed by atoms with E-state index in [4.69, 9.17) is 9.47 Å². The molecule has 7 nitrogen and oxygen atoms in total. The van der Waals surface area contributed by atoms with Crippen LogP contribution in [0.3, 0.4) is 0 Å². The van der Waals surface area contributed by atoms with Gasteiger partial charge in [0.15, 0.2) is 16.7 Å². The largest absolute Gasteiger partial charge is 0.493 e. The number of piperidine rings is 1. The van der Waals surface area contributed by atoms with Crippen LogP contribution in [-0.4, -0.2) is 55.0 Å². The standard InChI is InChI=1S/C28H40N4O3S/c1-34-25-13-11-21(15-26(25)35-2)23-17-30-28(31-18-23)36-19-27(33)32-24(22-9-6-14-29-16-22)12-10-20-7-4-3-5-8-20/h11,13,15,17-18,20,22,24,29H,3-10,12,14,16,19H2,1-2H3,(H,32,33). The van der Waals surface area contributed by atoms with E-state index < -0.39 is 0 Å². The molecule has 1 amide bonds. The number of methoxy groups -OCH3 is 2. The van der Waals surface area contributed by atoms with Crippen LogP contribution in [0.5, 0.6) is 11.5 Å². The molecular weight excluding hydrogens is 472 g/mol. The van der Waals surface area contributed by atoms with Gasteiger partial charge < -0.3 is 20.1 Å². The molecule has 2 unspecified atom stereocenters. The van der Waals surface area contributed by atoms with E-state index in [2.05, 4.69) is 20.6 Å². The van der Waals surface area contributed by atoms with Crippen molar-refractivity contribution in [3.8, 4) is 22.6 Å². The molecule has 0 spiro atoms. The number of hydrogen-bond donors (Lipinski definition) is 2. The van der Waals surface area contributed by atoms with Crippen molar-refractivity contribution in [2.75, 3.05) is 33.1 Å². The van der Waals surface area contributed by atoms with Gasteiger partial charge in [0.25, 0.3) is 0 Å². The van der Waals surface area contributed by atoms with Crippen LogP contribution in [-0.2, 0) is 4.79 Å². The minimum absolute atomic E-state index is 0.0757. The number of ether oxygens (including phenoxy) is 2. The molecule has 2 atom stereocenters. The predicted octanol–water partition coefficient (Wildman–Crippen LogP) is 5.10. The van der Waals surface area contributed by atoms with Crippen molar-refractivity contribution < 1.29 is 14.3 Å². The van der Waals surface area contributed by atoms with Crippen LogP contribution in [0.2, 0.25) is 0 Å². The molecule has 1 aliphatic carbocycles. The van der Waals surface area contributed by atoms with Gasteiger partial charge in [0.2, 0.25) is 5.91 Å². The van der Waals surface area contributed by atoms with E-state index in [1.165, 1.54) is 63.1 Å². The Bertz CT molecular complexity index is 960. The fourth-order valence-electron chi connectivity index (χ4n) is 5.47. The average molecular weight is 513 g/mol. The highest BCUT2D eigenvalue weighted by Gasteiger charge is 2.26. The van der Waals surface area contributed by atoms with Crippen LogP contribution in [0, 0.1) is 11.8 Å². The second-order valence-electron chi connectivity index (χ2n) is 9.97. The molecule has 2 aromatic rings. The van der Waals surface area contributed by atoms with Gasteiger partial charge in [-0.05, 0) is 68.3 Å². The number of thioether (sulfide) groups is 1. The predicted molar refractivity (Wildman–Crippen MR) is 145 cm³/mol. The third-order valence-electron chi connectivity index (χ3n) is 7.54. The van der Waals surface area contributed by atoms with Gasteiger partial charge >= 0.3 is 0 Å². The molecule has 2 N–H and O–H groups in total. The first-order valence-electron chi connectivity index (χ1n) is 13.3. The third kappa shape index (κ3) is 7.59. The summed E-state index contributed by atoms with van der Waals surface area (Å²) in [4.78, 5) is 21.9. The summed E-state index contributed by atoms with van der Waals surface area (Å²) in [6.45, 7) is 2.09. The lowest BCUT2D eigenvalue weighted by Crippen LogP contribution is -2.47. The minimum atomic E-state index is 0.0757. The molecule has 4 rings (SSSR count). The molecule has 0 bridgehead atoms. The molecule has 196 valence electrons. The lowest BCUT2D eigenvalue weighted by Gasteiger charge is -2.33. The molecule has 36 heavy (non-hydrogen) atoms. The fraction of sp³-hybridized carbons (Fsp3) is 0.607. The summed E-state index contributed by atoms with van der Waals surface area (Å²) >= 11 is 1.39. The summed E-state index contributed by atoms with van der Waals surface area (Å²) in [5, 5.41) is 7.51. The summed E-state index contributed by atoms with van der Waals surface area (Å²) in [5.74, 6) is 3.11. The molecule has 1 aromatic carbocycles. The number of amides is 1. The molecule has 0 radical (unpaired) electrons. The van der Waals surface area contributed by atoms with E-state index in [-0.39, 0.29) is 11.9 Å². The van der Waals surface area contributed by atoms with Crippen molar-refractivity contribution in [2.45, 2.75) is 69.0 Å². The number of nitrogens with zero attached hydrogens (tertiary/aromatic N) is 2. The van der Waals surface area contributed by atoms with E-state index in [1.807, 2.05) is 18.2 Å². The Morgan fingerprint density at radius 3 is 2.53 bits per heavy atom. The first-order valence-corrected chi connectivity index (χ1v) is 14.3. The third-order valence-corrected chi connectivity index (χ3v) is 8.41. The van der Waals surface area contributed by atoms with E-state index in [0.717, 1.165) is 36.6 Å². The molecule has 2 fully saturated rings. The summed E-state index contributed by atoms with van der Waals surface area (Å²) in [5.41, 5.74) is 1.83. The van der Waals surface area contributed by atoms with E-state index >= 15 is 0 Å². The highest BCUT2D eigenvalue weighted by atomic mass is 32.2. The Morgan fingerprint density at radius 1 is 1.06 bits per heavy atom. The topological polar surface area (TPSA) is 85.4 Å². The van der Waals surface area contributed by atoms with Crippen molar-refractivity contribution in [1.82, 2.24) is 20.6 Å². The highest BCUT2D eigenvalue weighted by Crippen LogP contribution is 2.32. The second-order valence-corrected chi connectivity index (χ2v) is 10.9. The van der Waals surface area contributed by atoms with Crippen LogP contribution >= 0.6 is 11.8 Å². The number of rotatable bonds is 11. The summed E-state index contributed by atoms with van der Waals surface area (Å²) in [6, 6.07) is 5.98. The zero-order valence-electron chi connectivity index (χ0n) is 21.6. The summed E-state index contributed by atoms with van der Waals surface area (Å²) in [7, 11) is 3.24. The monoisotopic (exact) mass is 512 g/mol. The number of nitrogens with one attached hydrogen (secondary N) is 2. The molecule has 1 saturated heterocycles. The van der Waals surface area contributed by atoms with E-state index in [0.29, 0.717) is 28.3 Å². The Balaban J connectivity index is 1.30. The maximum absolute atomic E-state index is 12.9. The summed E-state index contributed by atoms with van der Waals surface area (Å²) in [6.07, 6.45) is 15.1. The Morgan fingerprint density at radius 2 is 1.83 bits per heavy atom. The van der Waals surface area contributed by atoms with Gasteiger partial charge in [0, 0.05) is 24.0 Å². The maximum atomic E-state index is 12.9. The number of aromatic nitrogens is 2. The first-order chi connectivity index (χ1) is 17.7. The Hall–Kier alpha value is -2.32. The normalized spacial score (nSPS) is 19.4. The quantitative estimate of drug-likeness (QED) is 0.320. The molecule has 2 heterocycles. The molecule has 1 aromatic heterocycles. The molecule has 2 aliphatic rings. The average Bonchev–Trinajstić information content (AvgIpc) is 2.95. The lowest BCUT2D eigenvalue weighted by molar-refractivity contribution is -0.119. The Labute approximate surface area is 219 Å². The van der Waals surface area contributed by atoms with Crippen molar-refractivity contribution in [3.05, 3.63) is 30.6 Å². The smallest absolute Gasteiger partial charge is 0.230 e. The first kappa shape index (κ1) is 26.7. The van der Waals surface area contributed by atoms with Crippen molar-refractivity contribution in [3.63, 3.8) is 0 Å². The molecule has 8 heteroatoms. The van der Waals surface area contributed by atoms with Gasteiger partial charge in [0.05, 0.1) is 20.0 Å². The highest BCUT2D eigenvalue weighted by molar-refractivity contribution is 7.99. The number of hydrogen-bond acceptors (Lipinski definition) is 7. The Kier molecular flexibility index (Phi) is 10.3. The molecule has 1 aliphatic heterocycles. The summed E-state index contributed by atoms with van der Waals surface area (Å²) < 4.78 is 10.7. The van der Waals surface area contributed by atoms with Crippen LogP contribution in [0.25, 0.3) is 11.1 Å². The SMILES string of the molecule is COc1ccc(-c2cnc(SCC(=O)NC(CCC3CCCCC3)C3CCCNC3)nc2)cc1OC. The maximum Gasteiger partial charge on any atom is 0.230 e. The lowest BCUT2D eigenvalue weighted by atomic mass is 9.82. The number of carbonyl (C=O) groups excluding carboxylic acids is 1. The molecule has 1 saturated carbocycles. The zero-order valence-corrected chi connectivity index (χ0v) is 22.4. The molecular formula is C28H40N4O3S. The van der Waals surface area contributed by atoms with Crippen molar-refractivity contribution in [1.29, 1.82) is 0 Å². The van der Waals surface area contributed by atoms with Gasteiger partial charge in [-0.25, -0.2) is 9.97 Å². The van der Waals surface area contributed by atoms with Crippen LogP contribution in [0.1, 0.15) is 57.8 Å². The van der Waals surface area contributed by atoms with Crippen molar-refractivity contribution >= 4 is 17.7 Å². The van der Waals surface area contributed by atoms with Gasteiger partial charge in [-0.2, -0.15) is 0 Å². The van der Waals surface area contributed by atoms with Crippen LogP contribution < -0.4 is 20.1 Å². The van der Waals surface area contributed by atoms with Gasteiger partial charge in [0.1, 0.15) is 0 Å². The van der Waals surface area contributed by atoms with E-state index in [9.17, 15) is 4.79 Å². The second kappa shape index (κ2) is 13.8. The van der Waals surface area contributed by atoms with Crippen molar-refractivity contribution in [2.24, 2.45) is 11.8 Å². The number of carbonyl (C=O) groups is 1. The minimum Gasteiger partial charge on any atom is -0.493 e. The van der Waals surface area contributed by atoms with E-state index in [1.54, 1.807) is 26.6 Å². The van der Waals surface area contributed by atoms with Crippen LogP contribution in [0.15, 0.2) is 35.7 Å². The van der Waals surface area contributed by atoms with Gasteiger partial charge in [-0.3, -0.25) is 4.79 Å². The van der Waals surface area contributed by atoms with Crippen LogP contribution in [0.4, 0.5) is 0 Å². The zero-order chi connectivity index (χ0) is 25.2. The fourth-order valence-corrected chi connectivity index (χ4v) is 6.07. The van der Waals surface area contributed by atoms with Gasteiger partial charge in [-0.15, -0.1) is 0 Å². The van der Waals surface area contributed by atoms with Gasteiger partial charge in [-0.1, -0.05) is 49.9 Å².